The molecule has 0 radical (unpaired) electrons. The summed E-state index contributed by atoms with van der Waals surface area (Å²) in [5.74, 6) is 0.243. The predicted octanol–water partition coefficient (Wildman–Crippen LogP) is 4.39. The van der Waals surface area contributed by atoms with Crippen LogP contribution in [0.1, 0.15) is 51.5 Å². The van der Waals surface area contributed by atoms with Gasteiger partial charge in [0.05, 0.1) is 11.1 Å². The van der Waals surface area contributed by atoms with E-state index < -0.39 is 5.41 Å². The van der Waals surface area contributed by atoms with Crippen LogP contribution in [0.5, 0.6) is 0 Å². The van der Waals surface area contributed by atoms with Gasteiger partial charge in [-0.05, 0) is 70.8 Å². The molecule has 1 aromatic heterocycles. The number of likely N-dealkylation sites (tertiary alicyclic amines) is 1. The lowest BCUT2D eigenvalue weighted by Gasteiger charge is -2.48. The summed E-state index contributed by atoms with van der Waals surface area (Å²) in [5, 5.41) is 0. The third-order valence-corrected chi connectivity index (χ3v) is 6.98. The Morgan fingerprint density at radius 3 is 2.46 bits per heavy atom. The number of anilines is 1. The third kappa shape index (κ3) is 2.69. The maximum atomic E-state index is 13.5. The molecular weight excluding hydrogens is 346 g/mol. The third-order valence-electron chi connectivity index (χ3n) is 6.98. The molecule has 3 heterocycles. The van der Waals surface area contributed by atoms with Gasteiger partial charge in [0.2, 0.25) is 5.91 Å². The van der Waals surface area contributed by atoms with Crippen LogP contribution >= 0.6 is 0 Å². The standard InChI is InChI=1S/C24H29N3O/c1-24(2)22-19(20-10-4-5-12-25-20)9-8-11-21(22)27(23(24)28)18-15-17(16-18)26-13-6-3-7-14-26/h4-5,8-12,17-18H,3,6-7,13-16H2,1-2H3. The van der Waals surface area contributed by atoms with E-state index in [0.717, 1.165) is 35.3 Å². The number of rotatable bonds is 3. The van der Waals surface area contributed by atoms with Crippen molar-refractivity contribution in [3.05, 3.63) is 48.2 Å². The van der Waals surface area contributed by atoms with Gasteiger partial charge in [-0.3, -0.25) is 9.78 Å². The summed E-state index contributed by atoms with van der Waals surface area (Å²) in [7, 11) is 0. The fourth-order valence-electron chi connectivity index (χ4n) is 5.36. The number of fused-ring (bicyclic) bond motifs is 1. The second kappa shape index (κ2) is 6.70. The van der Waals surface area contributed by atoms with Crippen LogP contribution in [-0.2, 0) is 10.2 Å². The van der Waals surface area contributed by atoms with Crippen molar-refractivity contribution in [1.82, 2.24) is 9.88 Å². The van der Waals surface area contributed by atoms with Gasteiger partial charge in [-0.25, -0.2) is 0 Å². The van der Waals surface area contributed by atoms with Crippen molar-refractivity contribution in [3.8, 4) is 11.3 Å². The molecule has 1 aromatic carbocycles. The minimum atomic E-state index is -0.514. The molecule has 4 nitrogen and oxygen atoms in total. The Hall–Kier alpha value is -2.20. The number of carbonyl (C=O) groups is 1. The number of amides is 1. The molecule has 0 N–H and O–H groups in total. The van der Waals surface area contributed by atoms with Gasteiger partial charge in [0.15, 0.2) is 0 Å². The fraction of sp³-hybridized carbons (Fsp3) is 0.500. The largest absolute Gasteiger partial charge is 0.308 e. The highest BCUT2D eigenvalue weighted by atomic mass is 16.2. The van der Waals surface area contributed by atoms with E-state index in [1.54, 1.807) is 0 Å². The molecule has 2 fully saturated rings. The number of pyridine rings is 1. The van der Waals surface area contributed by atoms with Gasteiger partial charge >= 0.3 is 0 Å². The summed E-state index contributed by atoms with van der Waals surface area (Å²) in [4.78, 5) is 22.8. The zero-order chi connectivity index (χ0) is 19.3. The van der Waals surface area contributed by atoms with Crippen molar-refractivity contribution >= 4 is 11.6 Å². The van der Waals surface area contributed by atoms with E-state index in [9.17, 15) is 4.79 Å². The van der Waals surface area contributed by atoms with Crippen molar-refractivity contribution in [2.24, 2.45) is 0 Å². The number of nitrogens with zero attached hydrogens (tertiary/aromatic N) is 3. The lowest BCUT2D eigenvalue weighted by Crippen LogP contribution is -2.57. The molecule has 1 saturated heterocycles. The number of carbonyl (C=O) groups excluding carboxylic acids is 1. The topological polar surface area (TPSA) is 36.4 Å². The SMILES string of the molecule is CC1(C)C(=O)N(C2CC(N3CCCCC3)C2)c2cccc(-c3ccccn3)c21. The normalized spacial score (nSPS) is 26.8. The minimum absolute atomic E-state index is 0.243. The average Bonchev–Trinajstić information content (AvgIpc) is 2.89. The van der Waals surface area contributed by atoms with E-state index in [1.165, 1.54) is 32.4 Å². The van der Waals surface area contributed by atoms with Gasteiger partial charge in [-0.1, -0.05) is 24.6 Å². The van der Waals surface area contributed by atoms with Gasteiger partial charge in [0.25, 0.3) is 0 Å². The van der Waals surface area contributed by atoms with Crippen LogP contribution in [-0.4, -0.2) is 41.0 Å². The molecule has 1 aliphatic carbocycles. The van der Waals surface area contributed by atoms with E-state index in [1.807, 2.05) is 24.4 Å². The highest BCUT2D eigenvalue weighted by Crippen LogP contribution is 2.49. The van der Waals surface area contributed by atoms with Crippen LogP contribution in [0.15, 0.2) is 42.6 Å². The van der Waals surface area contributed by atoms with Crippen molar-refractivity contribution in [2.75, 3.05) is 18.0 Å². The molecule has 0 spiro atoms. The van der Waals surface area contributed by atoms with Crippen LogP contribution in [0.25, 0.3) is 11.3 Å². The summed E-state index contributed by atoms with van der Waals surface area (Å²) in [6.07, 6.45) is 8.06. The Labute approximate surface area is 167 Å². The zero-order valence-electron chi connectivity index (χ0n) is 16.9. The lowest BCUT2D eigenvalue weighted by molar-refractivity contribution is -0.123. The molecule has 3 aliphatic rings. The molecule has 0 atom stereocenters. The molecular formula is C24H29N3O. The second-order valence-corrected chi connectivity index (χ2v) is 9.09. The fourth-order valence-corrected chi connectivity index (χ4v) is 5.36. The lowest BCUT2D eigenvalue weighted by atomic mass is 9.81. The maximum absolute atomic E-state index is 13.5. The average molecular weight is 376 g/mol. The minimum Gasteiger partial charge on any atom is -0.308 e. The van der Waals surface area contributed by atoms with Crippen molar-refractivity contribution in [2.45, 2.75) is 63.5 Å². The Kier molecular flexibility index (Phi) is 4.27. The van der Waals surface area contributed by atoms with Crippen LogP contribution in [0.3, 0.4) is 0 Å². The monoisotopic (exact) mass is 375 g/mol. The molecule has 2 aromatic rings. The quantitative estimate of drug-likeness (QED) is 0.798. The smallest absolute Gasteiger partial charge is 0.237 e. The molecule has 2 aliphatic heterocycles. The van der Waals surface area contributed by atoms with E-state index in [-0.39, 0.29) is 5.91 Å². The van der Waals surface area contributed by atoms with Crippen LogP contribution < -0.4 is 4.90 Å². The van der Waals surface area contributed by atoms with Gasteiger partial charge in [0, 0.05) is 35.1 Å². The van der Waals surface area contributed by atoms with E-state index in [4.69, 9.17) is 0 Å². The Balaban J connectivity index is 1.46. The van der Waals surface area contributed by atoms with E-state index in [0.29, 0.717) is 12.1 Å². The highest BCUT2D eigenvalue weighted by Gasteiger charge is 2.51. The summed E-state index contributed by atoms with van der Waals surface area (Å²) < 4.78 is 0. The van der Waals surface area contributed by atoms with E-state index in [2.05, 4.69) is 46.8 Å². The van der Waals surface area contributed by atoms with Crippen LogP contribution in [0, 0.1) is 0 Å². The van der Waals surface area contributed by atoms with Gasteiger partial charge in [0.1, 0.15) is 0 Å². The number of piperidine rings is 1. The number of aromatic nitrogens is 1. The molecule has 4 heteroatoms. The predicted molar refractivity (Wildman–Crippen MR) is 112 cm³/mol. The Morgan fingerprint density at radius 1 is 0.964 bits per heavy atom. The van der Waals surface area contributed by atoms with Gasteiger partial charge in [-0.2, -0.15) is 0 Å². The highest BCUT2D eigenvalue weighted by molar-refractivity contribution is 6.10. The molecule has 5 rings (SSSR count). The number of benzene rings is 1. The van der Waals surface area contributed by atoms with Crippen molar-refractivity contribution in [1.29, 1.82) is 0 Å². The van der Waals surface area contributed by atoms with Crippen LogP contribution in [0.4, 0.5) is 5.69 Å². The van der Waals surface area contributed by atoms with Crippen molar-refractivity contribution in [3.63, 3.8) is 0 Å². The van der Waals surface area contributed by atoms with E-state index >= 15 is 0 Å². The van der Waals surface area contributed by atoms with Gasteiger partial charge < -0.3 is 9.80 Å². The summed E-state index contributed by atoms with van der Waals surface area (Å²) >= 11 is 0. The van der Waals surface area contributed by atoms with Gasteiger partial charge in [-0.15, -0.1) is 0 Å². The zero-order valence-corrected chi connectivity index (χ0v) is 16.9. The molecule has 0 bridgehead atoms. The maximum Gasteiger partial charge on any atom is 0.237 e. The number of hydrogen-bond acceptors (Lipinski definition) is 3. The molecule has 1 saturated carbocycles. The van der Waals surface area contributed by atoms with Crippen molar-refractivity contribution < 1.29 is 4.79 Å². The summed E-state index contributed by atoms with van der Waals surface area (Å²) in [6.45, 7) is 6.61. The first-order valence-corrected chi connectivity index (χ1v) is 10.7. The first-order valence-electron chi connectivity index (χ1n) is 10.7. The first-order chi connectivity index (χ1) is 13.6. The molecule has 146 valence electrons. The summed E-state index contributed by atoms with van der Waals surface area (Å²) in [5.41, 5.74) is 3.76. The van der Waals surface area contributed by atoms with Crippen LogP contribution in [0.2, 0.25) is 0 Å². The molecule has 28 heavy (non-hydrogen) atoms. The summed E-state index contributed by atoms with van der Waals surface area (Å²) in [6, 6.07) is 13.3. The second-order valence-electron chi connectivity index (χ2n) is 9.09. The first kappa shape index (κ1) is 17.9. The number of hydrogen-bond donors (Lipinski definition) is 0. The Bertz CT molecular complexity index is 880. The Morgan fingerprint density at radius 2 is 1.75 bits per heavy atom. The molecule has 1 amide bonds. The molecule has 0 unspecified atom stereocenters.